The molecule has 21 heavy (non-hydrogen) atoms. The van der Waals surface area contributed by atoms with Crippen LogP contribution < -0.4 is 10.5 Å². The molecule has 0 amide bonds. The number of hydrogen-bond acceptors (Lipinski definition) is 3. The van der Waals surface area contributed by atoms with E-state index in [0.717, 1.165) is 11.3 Å². The first-order valence-electron chi connectivity index (χ1n) is 7.17. The molecule has 0 fully saturated rings. The topological polar surface area (TPSA) is 52.3 Å². The van der Waals surface area contributed by atoms with Crippen molar-refractivity contribution in [2.75, 3.05) is 6.54 Å². The van der Waals surface area contributed by atoms with Gasteiger partial charge in [0.05, 0.1) is 12.0 Å². The number of Topliss-reactive ketones (excluding diaryl/α,β-unsaturated/α-hetero) is 1. The molecule has 3 heteroatoms. The first-order chi connectivity index (χ1) is 10.1. The highest BCUT2D eigenvalue weighted by atomic mass is 16.5. The summed E-state index contributed by atoms with van der Waals surface area (Å²) in [6.45, 7) is 4.24. The molecule has 2 aromatic rings. The molecule has 1 atom stereocenters. The highest BCUT2D eigenvalue weighted by Gasteiger charge is 2.20. The molecule has 0 spiro atoms. The van der Waals surface area contributed by atoms with Gasteiger partial charge in [0.25, 0.3) is 0 Å². The van der Waals surface area contributed by atoms with Crippen LogP contribution in [0.25, 0.3) is 0 Å². The van der Waals surface area contributed by atoms with Crippen LogP contribution in [0.5, 0.6) is 5.75 Å². The third kappa shape index (κ3) is 3.92. The zero-order valence-corrected chi connectivity index (χ0v) is 12.5. The van der Waals surface area contributed by atoms with E-state index >= 15 is 0 Å². The van der Waals surface area contributed by atoms with Gasteiger partial charge in [-0.1, -0.05) is 30.3 Å². The second-order valence-electron chi connectivity index (χ2n) is 5.25. The number of carbonyl (C=O) groups excluding carboxylic acids is 1. The molecule has 110 valence electrons. The van der Waals surface area contributed by atoms with Gasteiger partial charge in [-0.25, -0.2) is 0 Å². The Morgan fingerprint density at radius 2 is 1.67 bits per heavy atom. The fourth-order valence-corrected chi connectivity index (χ4v) is 2.25. The molecule has 0 saturated heterocycles. The van der Waals surface area contributed by atoms with E-state index < -0.39 is 0 Å². The number of benzene rings is 2. The van der Waals surface area contributed by atoms with E-state index in [1.54, 1.807) is 12.1 Å². The summed E-state index contributed by atoms with van der Waals surface area (Å²) in [5, 5.41) is 0. The molecule has 2 aromatic carbocycles. The summed E-state index contributed by atoms with van der Waals surface area (Å²) in [5.74, 6) is 0.508. The largest absolute Gasteiger partial charge is 0.491 e. The van der Waals surface area contributed by atoms with Gasteiger partial charge >= 0.3 is 0 Å². The van der Waals surface area contributed by atoms with E-state index in [0.29, 0.717) is 12.1 Å². The van der Waals surface area contributed by atoms with Gasteiger partial charge in [-0.2, -0.15) is 0 Å². The normalized spacial score (nSPS) is 12.2. The van der Waals surface area contributed by atoms with E-state index in [1.165, 1.54) is 0 Å². The number of carbonyl (C=O) groups is 1. The smallest absolute Gasteiger partial charge is 0.171 e. The minimum absolute atomic E-state index is 0.0415. The average molecular weight is 283 g/mol. The van der Waals surface area contributed by atoms with Crippen LogP contribution in [-0.2, 0) is 0 Å². The molecule has 2 rings (SSSR count). The van der Waals surface area contributed by atoms with Crippen LogP contribution in [-0.4, -0.2) is 18.4 Å². The second kappa shape index (κ2) is 7.04. The fourth-order valence-electron chi connectivity index (χ4n) is 2.25. The second-order valence-corrected chi connectivity index (χ2v) is 5.25. The summed E-state index contributed by atoms with van der Waals surface area (Å²) >= 11 is 0. The standard InChI is InChI=1S/C18H21NO2/c1-13(2)21-16-10-8-15(9-11-16)18(20)17(12-19)14-6-4-3-5-7-14/h3-11,13,17H,12,19H2,1-2H3. The van der Waals surface area contributed by atoms with E-state index in [1.807, 2.05) is 56.3 Å². The molecule has 0 aromatic heterocycles. The molecule has 1 unspecified atom stereocenters. The monoisotopic (exact) mass is 283 g/mol. The van der Waals surface area contributed by atoms with E-state index in [9.17, 15) is 4.79 Å². The van der Waals surface area contributed by atoms with Crippen LogP contribution in [0.3, 0.4) is 0 Å². The van der Waals surface area contributed by atoms with Crippen molar-refractivity contribution >= 4 is 5.78 Å². The van der Waals surface area contributed by atoms with Gasteiger partial charge in [-0.05, 0) is 43.7 Å². The average Bonchev–Trinajstić information content (AvgIpc) is 2.49. The Kier molecular flexibility index (Phi) is 5.12. The van der Waals surface area contributed by atoms with Crippen molar-refractivity contribution in [3.05, 3.63) is 65.7 Å². The number of hydrogen-bond donors (Lipinski definition) is 1. The Morgan fingerprint density at radius 1 is 1.05 bits per heavy atom. The zero-order valence-electron chi connectivity index (χ0n) is 12.5. The Labute approximate surface area is 125 Å². The van der Waals surface area contributed by atoms with Crippen molar-refractivity contribution in [3.8, 4) is 5.75 Å². The van der Waals surface area contributed by atoms with E-state index in [2.05, 4.69) is 0 Å². The summed E-state index contributed by atoms with van der Waals surface area (Å²) in [4.78, 5) is 12.6. The van der Waals surface area contributed by atoms with Crippen molar-refractivity contribution in [1.29, 1.82) is 0 Å². The first kappa shape index (κ1) is 15.3. The Balaban J connectivity index is 2.18. The lowest BCUT2D eigenvalue weighted by molar-refractivity contribution is 0.0962. The first-order valence-corrected chi connectivity index (χ1v) is 7.17. The third-order valence-electron chi connectivity index (χ3n) is 3.26. The maximum atomic E-state index is 12.6. The van der Waals surface area contributed by atoms with Crippen LogP contribution in [0, 0.1) is 0 Å². The van der Waals surface area contributed by atoms with Crippen molar-refractivity contribution in [2.45, 2.75) is 25.9 Å². The van der Waals surface area contributed by atoms with Crippen LogP contribution >= 0.6 is 0 Å². The van der Waals surface area contributed by atoms with E-state index in [4.69, 9.17) is 10.5 Å². The van der Waals surface area contributed by atoms with Crippen molar-refractivity contribution < 1.29 is 9.53 Å². The minimum Gasteiger partial charge on any atom is -0.491 e. The molecule has 0 aliphatic heterocycles. The van der Waals surface area contributed by atoms with Gasteiger partial charge in [0.1, 0.15) is 5.75 Å². The van der Waals surface area contributed by atoms with Gasteiger partial charge < -0.3 is 10.5 Å². The maximum Gasteiger partial charge on any atom is 0.171 e. The number of ketones is 1. The molecule has 0 heterocycles. The third-order valence-corrected chi connectivity index (χ3v) is 3.26. The molecule has 3 nitrogen and oxygen atoms in total. The summed E-state index contributed by atoms with van der Waals surface area (Å²) in [6, 6.07) is 16.9. The summed E-state index contributed by atoms with van der Waals surface area (Å²) in [7, 11) is 0. The summed E-state index contributed by atoms with van der Waals surface area (Å²) in [5.41, 5.74) is 7.40. The Hall–Kier alpha value is -2.13. The lowest BCUT2D eigenvalue weighted by Gasteiger charge is -2.15. The van der Waals surface area contributed by atoms with Crippen LogP contribution in [0.4, 0.5) is 0 Å². The Morgan fingerprint density at radius 3 is 2.19 bits per heavy atom. The van der Waals surface area contributed by atoms with Gasteiger partial charge in [0.15, 0.2) is 5.78 Å². The zero-order chi connectivity index (χ0) is 15.2. The number of ether oxygens (including phenoxy) is 1. The van der Waals surface area contributed by atoms with Gasteiger partial charge in [-0.15, -0.1) is 0 Å². The number of rotatable bonds is 6. The van der Waals surface area contributed by atoms with Crippen LogP contribution in [0.15, 0.2) is 54.6 Å². The lowest BCUT2D eigenvalue weighted by Crippen LogP contribution is -2.21. The molecule has 0 saturated carbocycles. The van der Waals surface area contributed by atoms with Crippen LogP contribution in [0.2, 0.25) is 0 Å². The highest BCUT2D eigenvalue weighted by molar-refractivity contribution is 6.01. The predicted molar refractivity (Wildman–Crippen MR) is 84.8 cm³/mol. The molecule has 0 aliphatic carbocycles. The van der Waals surface area contributed by atoms with E-state index in [-0.39, 0.29) is 17.8 Å². The predicted octanol–water partition coefficient (Wildman–Crippen LogP) is 3.40. The molecule has 0 aliphatic rings. The SMILES string of the molecule is CC(C)Oc1ccc(C(=O)C(CN)c2ccccc2)cc1. The molecule has 2 N–H and O–H groups in total. The Bertz CT molecular complexity index is 576. The summed E-state index contributed by atoms with van der Waals surface area (Å²) in [6.07, 6.45) is 0.118. The maximum absolute atomic E-state index is 12.6. The lowest BCUT2D eigenvalue weighted by atomic mass is 9.91. The minimum atomic E-state index is -0.303. The van der Waals surface area contributed by atoms with Crippen molar-refractivity contribution in [3.63, 3.8) is 0 Å². The quantitative estimate of drug-likeness (QED) is 0.827. The fraction of sp³-hybridized carbons (Fsp3) is 0.278. The van der Waals surface area contributed by atoms with Crippen molar-refractivity contribution in [2.24, 2.45) is 5.73 Å². The van der Waals surface area contributed by atoms with Gasteiger partial charge in [0, 0.05) is 12.1 Å². The number of nitrogens with two attached hydrogens (primary N) is 1. The van der Waals surface area contributed by atoms with Crippen LogP contribution in [0.1, 0.15) is 35.7 Å². The van der Waals surface area contributed by atoms with Gasteiger partial charge in [0.2, 0.25) is 0 Å². The molecular formula is C18H21NO2. The van der Waals surface area contributed by atoms with Crippen molar-refractivity contribution in [1.82, 2.24) is 0 Å². The molecule has 0 radical (unpaired) electrons. The highest BCUT2D eigenvalue weighted by Crippen LogP contribution is 2.22. The summed E-state index contributed by atoms with van der Waals surface area (Å²) < 4.78 is 5.58. The van der Waals surface area contributed by atoms with Gasteiger partial charge in [-0.3, -0.25) is 4.79 Å². The molecule has 0 bridgehead atoms. The molecular weight excluding hydrogens is 262 g/mol.